The van der Waals surface area contributed by atoms with Crippen LogP contribution in [-0.2, 0) is 11.0 Å². The fourth-order valence-electron chi connectivity index (χ4n) is 4.05. The molecule has 7 heteroatoms. The molecule has 4 rings (SSSR count). The summed E-state index contributed by atoms with van der Waals surface area (Å²) in [4.78, 5) is 16.9. The molecule has 2 aliphatic rings. The van der Waals surface area contributed by atoms with Crippen LogP contribution in [-0.4, -0.2) is 44.1 Å². The van der Waals surface area contributed by atoms with Gasteiger partial charge in [-0.3, -0.25) is 4.79 Å². The maximum atomic E-state index is 12.8. The van der Waals surface area contributed by atoms with E-state index in [1.54, 1.807) is 7.11 Å². The van der Waals surface area contributed by atoms with E-state index in [4.69, 9.17) is 4.74 Å². The van der Waals surface area contributed by atoms with E-state index in [1.165, 1.54) is 12.1 Å². The van der Waals surface area contributed by atoms with Crippen LogP contribution in [0.5, 0.6) is 5.75 Å². The molecular formula is C22H23F3N2O2. The van der Waals surface area contributed by atoms with E-state index in [0.717, 1.165) is 42.2 Å². The van der Waals surface area contributed by atoms with Crippen LogP contribution in [0.1, 0.15) is 23.5 Å². The molecule has 1 saturated heterocycles. The summed E-state index contributed by atoms with van der Waals surface area (Å²) in [5.74, 6) is 0.827. The summed E-state index contributed by atoms with van der Waals surface area (Å²) in [7, 11) is 1.65. The lowest BCUT2D eigenvalue weighted by atomic mass is 10.1. The van der Waals surface area contributed by atoms with Crippen LogP contribution in [0, 0.1) is 5.92 Å². The number of rotatable bonds is 4. The first kappa shape index (κ1) is 19.6. The predicted molar refractivity (Wildman–Crippen MR) is 104 cm³/mol. The highest BCUT2D eigenvalue weighted by molar-refractivity contribution is 5.83. The van der Waals surface area contributed by atoms with Gasteiger partial charge in [0.15, 0.2) is 0 Å². The van der Waals surface area contributed by atoms with Gasteiger partial charge in [0, 0.05) is 32.1 Å². The Morgan fingerprint density at radius 1 is 1.00 bits per heavy atom. The average Bonchev–Trinajstić information content (AvgIpc) is 3.54. The van der Waals surface area contributed by atoms with Gasteiger partial charge in [-0.15, -0.1) is 0 Å². The second-order valence-electron chi connectivity index (χ2n) is 7.55. The second-order valence-corrected chi connectivity index (χ2v) is 7.55. The Bertz CT molecular complexity index is 874. The van der Waals surface area contributed by atoms with E-state index >= 15 is 0 Å². The van der Waals surface area contributed by atoms with E-state index in [2.05, 4.69) is 4.90 Å². The van der Waals surface area contributed by atoms with E-state index in [0.29, 0.717) is 19.5 Å². The quantitative estimate of drug-likeness (QED) is 0.767. The van der Waals surface area contributed by atoms with Gasteiger partial charge in [0.1, 0.15) is 5.75 Å². The molecule has 0 spiro atoms. The third-order valence-electron chi connectivity index (χ3n) is 5.79. The summed E-state index contributed by atoms with van der Waals surface area (Å²) in [6, 6.07) is 13.0. The number of carbonyl (C=O) groups is 1. The standard InChI is InChI=1S/C22H23F3N2O2/c1-29-20-5-3-2-4-19(20)26-10-12-27(13-11-26)21(28)18-14-17(18)15-6-8-16(9-7-15)22(23,24)25/h2-9,17-18H,10-14H2,1H3. The van der Waals surface area contributed by atoms with Crippen LogP contribution in [0.4, 0.5) is 18.9 Å². The number of hydrogen-bond donors (Lipinski definition) is 0. The van der Waals surface area contributed by atoms with Crippen LogP contribution in [0.25, 0.3) is 0 Å². The minimum atomic E-state index is -4.33. The zero-order valence-electron chi connectivity index (χ0n) is 16.2. The molecule has 1 saturated carbocycles. The van der Waals surface area contributed by atoms with Crippen LogP contribution < -0.4 is 9.64 Å². The molecule has 0 aromatic heterocycles. The van der Waals surface area contributed by atoms with Gasteiger partial charge in [-0.25, -0.2) is 0 Å². The highest BCUT2D eigenvalue weighted by atomic mass is 19.4. The van der Waals surface area contributed by atoms with E-state index in [1.807, 2.05) is 29.2 Å². The molecule has 1 aliphatic carbocycles. The Morgan fingerprint density at radius 2 is 1.66 bits per heavy atom. The van der Waals surface area contributed by atoms with Crippen molar-refractivity contribution in [3.8, 4) is 5.75 Å². The summed E-state index contributed by atoms with van der Waals surface area (Å²) >= 11 is 0. The second kappa shape index (κ2) is 7.61. The van der Waals surface area contributed by atoms with Crippen LogP contribution >= 0.6 is 0 Å². The molecule has 2 aromatic rings. The first-order valence-electron chi connectivity index (χ1n) is 9.72. The van der Waals surface area contributed by atoms with E-state index in [9.17, 15) is 18.0 Å². The normalized spacial score (nSPS) is 21.8. The van der Waals surface area contributed by atoms with Crippen LogP contribution in [0.2, 0.25) is 0 Å². The van der Waals surface area contributed by atoms with Crippen molar-refractivity contribution in [2.45, 2.75) is 18.5 Å². The summed E-state index contributed by atoms with van der Waals surface area (Å²) in [6.45, 7) is 2.72. The average molecular weight is 404 g/mol. The number of piperazine rings is 1. The molecule has 2 aromatic carbocycles. The Morgan fingerprint density at radius 3 is 2.28 bits per heavy atom. The Balaban J connectivity index is 1.34. The number of carbonyl (C=O) groups excluding carboxylic acids is 1. The number of nitrogens with zero attached hydrogens (tertiary/aromatic N) is 2. The maximum absolute atomic E-state index is 12.8. The van der Waals surface area contributed by atoms with Crippen molar-refractivity contribution in [1.82, 2.24) is 4.90 Å². The summed E-state index contributed by atoms with van der Waals surface area (Å²) in [6.07, 6.45) is -3.63. The zero-order chi connectivity index (χ0) is 20.6. The molecule has 2 atom stereocenters. The number of halogens is 3. The number of benzene rings is 2. The van der Waals surface area contributed by atoms with Gasteiger partial charge in [-0.05, 0) is 42.2 Å². The summed E-state index contributed by atoms with van der Waals surface area (Å²) in [5.41, 5.74) is 1.18. The first-order chi connectivity index (χ1) is 13.9. The molecule has 0 radical (unpaired) electrons. The highest BCUT2D eigenvalue weighted by Crippen LogP contribution is 2.49. The third-order valence-corrected chi connectivity index (χ3v) is 5.79. The van der Waals surface area contributed by atoms with Crippen molar-refractivity contribution in [3.63, 3.8) is 0 Å². The van der Waals surface area contributed by atoms with Crippen molar-refractivity contribution in [1.29, 1.82) is 0 Å². The monoisotopic (exact) mass is 404 g/mol. The van der Waals surface area contributed by atoms with Gasteiger partial charge in [-0.1, -0.05) is 24.3 Å². The van der Waals surface area contributed by atoms with Gasteiger partial charge >= 0.3 is 6.18 Å². The van der Waals surface area contributed by atoms with E-state index < -0.39 is 11.7 Å². The lowest BCUT2D eigenvalue weighted by Crippen LogP contribution is -2.49. The highest BCUT2D eigenvalue weighted by Gasteiger charge is 2.46. The number of anilines is 1. The smallest absolute Gasteiger partial charge is 0.416 e. The molecular weight excluding hydrogens is 381 g/mol. The molecule has 4 nitrogen and oxygen atoms in total. The van der Waals surface area contributed by atoms with Gasteiger partial charge in [0.25, 0.3) is 0 Å². The van der Waals surface area contributed by atoms with Gasteiger partial charge in [-0.2, -0.15) is 13.2 Å². The molecule has 0 bridgehead atoms. The molecule has 1 amide bonds. The lowest BCUT2D eigenvalue weighted by Gasteiger charge is -2.36. The fraction of sp³-hybridized carbons (Fsp3) is 0.409. The summed E-state index contributed by atoms with van der Waals surface area (Å²) < 4.78 is 43.6. The molecule has 154 valence electrons. The summed E-state index contributed by atoms with van der Waals surface area (Å²) in [5, 5.41) is 0. The SMILES string of the molecule is COc1ccccc1N1CCN(C(=O)C2CC2c2ccc(C(F)(F)F)cc2)CC1. The topological polar surface area (TPSA) is 32.8 Å². The molecule has 29 heavy (non-hydrogen) atoms. The first-order valence-corrected chi connectivity index (χ1v) is 9.72. The number of alkyl halides is 3. The van der Waals surface area contributed by atoms with Crippen LogP contribution in [0.3, 0.4) is 0 Å². The minimum absolute atomic E-state index is 0.0250. The number of ether oxygens (including phenoxy) is 1. The number of amides is 1. The molecule has 2 fully saturated rings. The largest absolute Gasteiger partial charge is 0.495 e. The van der Waals surface area contributed by atoms with Crippen molar-refractivity contribution < 1.29 is 22.7 Å². The fourth-order valence-corrected chi connectivity index (χ4v) is 4.05. The van der Waals surface area contributed by atoms with E-state index in [-0.39, 0.29) is 17.7 Å². The zero-order valence-corrected chi connectivity index (χ0v) is 16.2. The van der Waals surface area contributed by atoms with Gasteiger partial charge in [0.2, 0.25) is 5.91 Å². The Kier molecular flexibility index (Phi) is 5.15. The van der Waals surface area contributed by atoms with Crippen molar-refractivity contribution in [3.05, 3.63) is 59.7 Å². The lowest BCUT2D eigenvalue weighted by molar-refractivity contribution is -0.137. The molecule has 1 aliphatic heterocycles. The number of hydrogen-bond acceptors (Lipinski definition) is 3. The van der Waals surface area contributed by atoms with Crippen molar-refractivity contribution in [2.24, 2.45) is 5.92 Å². The van der Waals surface area contributed by atoms with Crippen molar-refractivity contribution in [2.75, 3.05) is 38.2 Å². The molecule has 2 unspecified atom stereocenters. The van der Waals surface area contributed by atoms with Gasteiger partial charge in [0.05, 0.1) is 18.4 Å². The maximum Gasteiger partial charge on any atom is 0.416 e. The Hall–Kier alpha value is -2.70. The number of para-hydroxylation sites is 2. The van der Waals surface area contributed by atoms with Gasteiger partial charge < -0.3 is 14.5 Å². The minimum Gasteiger partial charge on any atom is -0.495 e. The predicted octanol–water partition coefficient (Wildman–Crippen LogP) is 4.17. The molecule has 1 heterocycles. The van der Waals surface area contributed by atoms with Crippen molar-refractivity contribution >= 4 is 11.6 Å². The molecule has 0 N–H and O–H groups in total. The number of methoxy groups -OCH3 is 1. The Labute approximate surface area is 167 Å². The third kappa shape index (κ3) is 4.04. The van der Waals surface area contributed by atoms with Crippen LogP contribution in [0.15, 0.2) is 48.5 Å².